The zero-order valence-electron chi connectivity index (χ0n) is 18.4. The number of hydrogen-bond acceptors (Lipinski definition) is 5. The number of carbonyl (C=O) groups excluding carboxylic acids is 1. The number of aromatic amines is 1. The molecule has 174 valence electrons. The number of H-pyrrole nitrogens is 1. The molecule has 34 heavy (non-hydrogen) atoms. The van der Waals surface area contributed by atoms with Crippen LogP contribution in [0, 0.1) is 5.92 Å². The molecular formula is C25H25N5O3S. The van der Waals surface area contributed by atoms with E-state index < -0.39 is 10.0 Å². The average molecular weight is 476 g/mol. The Bertz CT molecular complexity index is 1400. The normalized spacial score (nSPS) is 18.6. The van der Waals surface area contributed by atoms with Crippen molar-refractivity contribution in [2.75, 3.05) is 5.32 Å². The van der Waals surface area contributed by atoms with Crippen LogP contribution in [0.2, 0.25) is 0 Å². The van der Waals surface area contributed by atoms with Crippen molar-refractivity contribution >= 4 is 32.7 Å². The lowest BCUT2D eigenvalue weighted by molar-refractivity contribution is -0.120. The number of aromatic nitrogens is 3. The highest BCUT2D eigenvalue weighted by molar-refractivity contribution is 7.89. The van der Waals surface area contributed by atoms with Gasteiger partial charge in [-0.15, -0.1) is 0 Å². The first-order valence-corrected chi connectivity index (χ1v) is 12.7. The van der Waals surface area contributed by atoms with Gasteiger partial charge in [-0.05, 0) is 56.0 Å². The number of amides is 1. The van der Waals surface area contributed by atoms with E-state index in [-0.39, 0.29) is 22.8 Å². The summed E-state index contributed by atoms with van der Waals surface area (Å²) in [6.07, 6.45) is 5.71. The van der Waals surface area contributed by atoms with Gasteiger partial charge in [-0.25, -0.2) is 18.1 Å². The van der Waals surface area contributed by atoms with Gasteiger partial charge in [0.25, 0.3) is 0 Å². The second-order valence-electron chi connectivity index (χ2n) is 8.53. The Labute approximate surface area is 197 Å². The zero-order chi connectivity index (χ0) is 23.5. The molecule has 0 saturated heterocycles. The van der Waals surface area contributed by atoms with Crippen molar-refractivity contribution in [3.8, 4) is 11.4 Å². The molecule has 8 nitrogen and oxygen atoms in total. The number of fused-ring (bicyclic) bond motifs is 1. The van der Waals surface area contributed by atoms with Gasteiger partial charge in [0.2, 0.25) is 15.9 Å². The van der Waals surface area contributed by atoms with Crippen LogP contribution >= 0.6 is 0 Å². The van der Waals surface area contributed by atoms with Gasteiger partial charge in [0.15, 0.2) is 0 Å². The molecule has 2 heterocycles. The molecule has 0 bridgehead atoms. The summed E-state index contributed by atoms with van der Waals surface area (Å²) in [5.74, 6) is 0.506. The van der Waals surface area contributed by atoms with E-state index in [9.17, 15) is 13.2 Å². The molecule has 3 N–H and O–H groups in total. The molecule has 9 heteroatoms. The van der Waals surface area contributed by atoms with Crippen LogP contribution in [0.25, 0.3) is 22.4 Å². The van der Waals surface area contributed by atoms with Crippen molar-refractivity contribution in [3.05, 3.63) is 73.1 Å². The van der Waals surface area contributed by atoms with Crippen molar-refractivity contribution in [1.82, 2.24) is 19.7 Å². The van der Waals surface area contributed by atoms with E-state index in [1.54, 1.807) is 42.7 Å². The predicted molar refractivity (Wildman–Crippen MR) is 130 cm³/mol. The lowest BCUT2D eigenvalue weighted by Gasteiger charge is -2.28. The van der Waals surface area contributed by atoms with E-state index in [0.717, 1.165) is 11.1 Å². The third-order valence-corrected chi connectivity index (χ3v) is 7.68. The van der Waals surface area contributed by atoms with E-state index in [4.69, 9.17) is 0 Å². The van der Waals surface area contributed by atoms with Gasteiger partial charge in [-0.1, -0.05) is 30.3 Å². The van der Waals surface area contributed by atoms with Crippen LogP contribution in [-0.2, 0) is 14.8 Å². The average Bonchev–Trinajstić information content (AvgIpc) is 3.29. The predicted octanol–water partition coefficient (Wildman–Crippen LogP) is 4.10. The van der Waals surface area contributed by atoms with Crippen molar-refractivity contribution in [2.24, 2.45) is 5.92 Å². The molecule has 2 aromatic heterocycles. The van der Waals surface area contributed by atoms with Gasteiger partial charge in [0.1, 0.15) is 5.82 Å². The summed E-state index contributed by atoms with van der Waals surface area (Å²) < 4.78 is 28.9. The highest BCUT2D eigenvalue weighted by atomic mass is 32.2. The molecule has 0 unspecified atom stereocenters. The molecule has 1 saturated carbocycles. The third kappa shape index (κ3) is 4.85. The van der Waals surface area contributed by atoms with E-state index in [2.05, 4.69) is 25.0 Å². The summed E-state index contributed by atoms with van der Waals surface area (Å²) in [6.45, 7) is 0. The SMILES string of the molecule is O=C(Nc1cccnc1)[C@H]1CC[C@H](NS(=O)(=O)c2ccc3[nH]c(-c4ccccc4)nc3c2)CC1. The van der Waals surface area contributed by atoms with Crippen molar-refractivity contribution in [2.45, 2.75) is 36.6 Å². The lowest BCUT2D eigenvalue weighted by Crippen LogP contribution is -2.39. The zero-order valence-corrected chi connectivity index (χ0v) is 19.3. The van der Waals surface area contributed by atoms with E-state index >= 15 is 0 Å². The maximum absolute atomic E-state index is 13.0. The number of carbonyl (C=O) groups is 1. The maximum Gasteiger partial charge on any atom is 0.240 e. The number of imidazole rings is 1. The summed E-state index contributed by atoms with van der Waals surface area (Å²) in [6, 6.07) is 18.0. The molecule has 5 rings (SSSR count). The van der Waals surface area contributed by atoms with Crippen LogP contribution in [-0.4, -0.2) is 35.3 Å². The minimum atomic E-state index is -3.71. The fourth-order valence-electron chi connectivity index (χ4n) is 4.33. The molecule has 1 aliphatic rings. The van der Waals surface area contributed by atoms with E-state index in [1.165, 1.54) is 0 Å². The molecule has 4 aromatic rings. The van der Waals surface area contributed by atoms with Crippen molar-refractivity contribution in [1.29, 1.82) is 0 Å². The molecule has 0 spiro atoms. The number of benzene rings is 2. The lowest BCUT2D eigenvalue weighted by atomic mass is 9.86. The van der Waals surface area contributed by atoms with Crippen LogP contribution in [0.4, 0.5) is 5.69 Å². The summed E-state index contributed by atoms with van der Waals surface area (Å²) in [7, 11) is -3.71. The third-order valence-electron chi connectivity index (χ3n) is 6.16. The van der Waals surface area contributed by atoms with Gasteiger partial charge >= 0.3 is 0 Å². The van der Waals surface area contributed by atoms with Gasteiger partial charge in [-0.2, -0.15) is 0 Å². The van der Waals surface area contributed by atoms with Crippen LogP contribution in [0.3, 0.4) is 0 Å². The Morgan fingerprint density at radius 3 is 2.50 bits per heavy atom. The maximum atomic E-state index is 13.0. The monoisotopic (exact) mass is 475 g/mol. The van der Waals surface area contributed by atoms with Gasteiger partial charge < -0.3 is 10.3 Å². The Morgan fingerprint density at radius 2 is 1.76 bits per heavy atom. The van der Waals surface area contributed by atoms with Crippen molar-refractivity contribution in [3.63, 3.8) is 0 Å². The number of sulfonamides is 1. The number of hydrogen-bond donors (Lipinski definition) is 3. The smallest absolute Gasteiger partial charge is 0.240 e. The molecule has 0 radical (unpaired) electrons. The molecule has 1 amide bonds. The second kappa shape index (κ2) is 9.36. The Morgan fingerprint density at radius 1 is 0.971 bits per heavy atom. The van der Waals surface area contributed by atoms with Crippen LogP contribution < -0.4 is 10.0 Å². The molecule has 1 fully saturated rings. The number of pyridine rings is 1. The summed E-state index contributed by atoms with van der Waals surface area (Å²) in [4.78, 5) is 24.5. The van der Waals surface area contributed by atoms with Crippen LogP contribution in [0.1, 0.15) is 25.7 Å². The summed E-state index contributed by atoms with van der Waals surface area (Å²) in [5.41, 5.74) is 2.97. The van der Waals surface area contributed by atoms with E-state index in [0.29, 0.717) is 42.7 Å². The van der Waals surface area contributed by atoms with Crippen molar-refractivity contribution < 1.29 is 13.2 Å². The minimum Gasteiger partial charge on any atom is -0.338 e. The van der Waals surface area contributed by atoms with Gasteiger partial charge in [0, 0.05) is 23.7 Å². The Hall–Kier alpha value is -3.56. The van der Waals surface area contributed by atoms with Crippen LogP contribution in [0.5, 0.6) is 0 Å². The van der Waals surface area contributed by atoms with Gasteiger partial charge in [-0.3, -0.25) is 9.78 Å². The molecule has 2 aromatic carbocycles. The molecule has 0 aliphatic heterocycles. The standard InChI is InChI=1S/C25H25N5O3S/c31-25(27-20-7-4-14-26-16-20)18-8-10-19(11-9-18)30-34(32,33)21-12-13-22-23(15-21)29-24(28-22)17-5-2-1-3-6-17/h1-7,12-16,18-19,30H,8-11H2,(H,27,31)(H,28,29)/t18-,19-. The molecule has 0 atom stereocenters. The quantitative estimate of drug-likeness (QED) is 0.388. The fourth-order valence-corrected chi connectivity index (χ4v) is 5.65. The number of rotatable bonds is 6. The molecule has 1 aliphatic carbocycles. The molecular weight excluding hydrogens is 450 g/mol. The highest BCUT2D eigenvalue weighted by Crippen LogP contribution is 2.28. The number of anilines is 1. The Balaban J connectivity index is 1.23. The van der Waals surface area contributed by atoms with E-state index in [1.807, 2.05) is 30.3 Å². The fraction of sp³-hybridized carbons (Fsp3) is 0.240. The first-order chi connectivity index (χ1) is 16.5. The summed E-state index contributed by atoms with van der Waals surface area (Å²) >= 11 is 0. The minimum absolute atomic E-state index is 0.0486. The van der Waals surface area contributed by atoms with Crippen LogP contribution in [0.15, 0.2) is 78.0 Å². The first kappa shape index (κ1) is 22.2. The largest absolute Gasteiger partial charge is 0.338 e. The number of nitrogens with zero attached hydrogens (tertiary/aromatic N) is 2. The topological polar surface area (TPSA) is 117 Å². The number of nitrogens with one attached hydrogen (secondary N) is 3. The first-order valence-electron chi connectivity index (χ1n) is 11.3. The second-order valence-corrected chi connectivity index (χ2v) is 10.2. The summed E-state index contributed by atoms with van der Waals surface area (Å²) in [5, 5.41) is 2.88. The van der Waals surface area contributed by atoms with Gasteiger partial charge in [0.05, 0.1) is 27.8 Å². The highest BCUT2D eigenvalue weighted by Gasteiger charge is 2.29. The Kier molecular flexibility index (Phi) is 6.12.